The molecule has 21 heavy (non-hydrogen) atoms. The van der Waals surface area contributed by atoms with Gasteiger partial charge in [0.25, 0.3) is 5.91 Å². The Morgan fingerprint density at radius 3 is 2.67 bits per heavy atom. The first-order valence-electron chi connectivity index (χ1n) is 7.68. The molecule has 3 nitrogen and oxygen atoms in total. The SMILES string of the molecule is CCCCNC(=O)C(CC)Oc1cccc2ccccc12. The van der Waals surface area contributed by atoms with Crippen molar-refractivity contribution in [1.29, 1.82) is 0 Å². The Kier molecular flexibility index (Phi) is 5.61. The molecule has 0 saturated heterocycles. The molecule has 1 amide bonds. The smallest absolute Gasteiger partial charge is 0.261 e. The molecule has 0 heterocycles. The predicted octanol–water partition coefficient (Wildman–Crippen LogP) is 3.91. The highest BCUT2D eigenvalue weighted by atomic mass is 16.5. The maximum Gasteiger partial charge on any atom is 0.261 e. The van der Waals surface area contributed by atoms with E-state index in [0.717, 1.165) is 29.4 Å². The van der Waals surface area contributed by atoms with E-state index in [9.17, 15) is 4.79 Å². The van der Waals surface area contributed by atoms with Crippen molar-refractivity contribution in [2.24, 2.45) is 0 Å². The Bertz CT molecular complexity index is 589. The first-order valence-corrected chi connectivity index (χ1v) is 7.68. The number of hydrogen-bond donors (Lipinski definition) is 1. The van der Waals surface area contributed by atoms with Crippen molar-refractivity contribution in [1.82, 2.24) is 5.32 Å². The van der Waals surface area contributed by atoms with Gasteiger partial charge in [0.2, 0.25) is 0 Å². The lowest BCUT2D eigenvalue weighted by atomic mass is 10.1. The molecule has 0 radical (unpaired) electrons. The van der Waals surface area contributed by atoms with E-state index >= 15 is 0 Å². The Labute approximate surface area is 126 Å². The van der Waals surface area contributed by atoms with Gasteiger partial charge in [0.1, 0.15) is 5.75 Å². The molecule has 2 aromatic rings. The largest absolute Gasteiger partial charge is 0.480 e. The zero-order chi connectivity index (χ0) is 15.1. The van der Waals surface area contributed by atoms with E-state index in [2.05, 4.69) is 12.2 Å². The normalized spacial score (nSPS) is 12.1. The number of unbranched alkanes of at least 4 members (excludes halogenated alkanes) is 1. The van der Waals surface area contributed by atoms with E-state index in [1.807, 2.05) is 49.4 Å². The number of nitrogens with one attached hydrogen (secondary N) is 1. The molecule has 0 aliphatic heterocycles. The van der Waals surface area contributed by atoms with Crippen LogP contribution in [0.15, 0.2) is 42.5 Å². The van der Waals surface area contributed by atoms with Gasteiger partial charge in [-0.05, 0) is 24.3 Å². The van der Waals surface area contributed by atoms with Gasteiger partial charge in [-0.1, -0.05) is 56.7 Å². The van der Waals surface area contributed by atoms with Gasteiger partial charge in [-0.15, -0.1) is 0 Å². The molecule has 2 aromatic carbocycles. The minimum Gasteiger partial charge on any atom is -0.480 e. The Morgan fingerprint density at radius 1 is 1.14 bits per heavy atom. The van der Waals surface area contributed by atoms with Gasteiger partial charge in [-0.3, -0.25) is 4.79 Å². The summed E-state index contributed by atoms with van der Waals surface area (Å²) in [6, 6.07) is 14.0. The van der Waals surface area contributed by atoms with Crippen LogP contribution in [0, 0.1) is 0 Å². The van der Waals surface area contributed by atoms with Crippen LogP contribution in [-0.2, 0) is 4.79 Å². The second-order valence-electron chi connectivity index (χ2n) is 5.14. The number of benzene rings is 2. The lowest BCUT2D eigenvalue weighted by Gasteiger charge is -2.18. The van der Waals surface area contributed by atoms with Crippen molar-refractivity contribution >= 4 is 16.7 Å². The van der Waals surface area contributed by atoms with Gasteiger partial charge in [0.15, 0.2) is 6.10 Å². The van der Waals surface area contributed by atoms with Gasteiger partial charge >= 0.3 is 0 Å². The predicted molar refractivity (Wildman–Crippen MR) is 86.6 cm³/mol. The third-order valence-electron chi connectivity index (χ3n) is 3.51. The minimum atomic E-state index is -0.437. The fourth-order valence-corrected chi connectivity index (χ4v) is 2.28. The zero-order valence-corrected chi connectivity index (χ0v) is 12.8. The highest BCUT2D eigenvalue weighted by molar-refractivity contribution is 5.89. The summed E-state index contributed by atoms with van der Waals surface area (Å²) in [6.45, 7) is 4.79. The van der Waals surface area contributed by atoms with E-state index < -0.39 is 6.10 Å². The summed E-state index contributed by atoms with van der Waals surface area (Å²) in [6.07, 6.45) is 2.28. The highest BCUT2D eigenvalue weighted by Gasteiger charge is 2.18. The molecule has 0 fully saturated rings. The van der Waals surface area contributed by atoms with Crippen molar-refractivity contribution in [3.63, 3.8) is 0 Å². The number of fused-ring (bicyclic) bond motifs is 1. The molecule has 1 unspecified atom stereocenters. The molecule has 3 heteroatoms. The van der Waals surface area contributed by atoms with Crippen LogP contribution in [0.2, 0.25) is 0 Å². The van der Waals surface area contributed by atoms with Crippen LogP contribution in [0.25, 0.3) is 10.8 Å². The third kappa shape index (κ3) is 3.97. The summed E-state index contributed by atoms with van der Waals surface area (Å²) in [4.78, 5) is 12.2. The van der Waals surface area contributed by atoms with Gasteiger partial charge in [-0.2, -0.15) is 0 Å². The van der Waals surface area contributed by atoms with Crippen LogP contribution >= 0.6 is 0 Å². The molecule has 1 atom stereocenters. The van der Waals surface area contributed by atoms with E-state index in [4.69, 9.17) is 4.74 Å². The molecule has 112 valence electrons. The number of carbonyl (C=O) groups is 1. The average molecular weight is 285 g/mol. The molecule has 0 spiro atoms. The molecular weight excluding hydrogens is 262 g/mol. The van der Waals surface area contributed by atoms with Crippen LogP contribution in [0.4, 0.5) is 0 Å². The van der Waals surface area contributed by atoms with Crippen molar-refractivity contribution in [2.75, 3.05) is 6.54 Å². The van der Waals surface area contributed by atoms with Crippen molar-refractivity contribution in [3.8, 4) is 5.75 Å². The molecule has 0 aromatic heterocycles. The van der Waals surface area contributed by atoms with Gasteiger partial charge in [0.05, 0.1) is 0 Å². The van der Waals surface area contributed by atoms with Crippen molar-refractivity contribution < 1.29 is 9.53 Å². The monoisotopic (exact) mass is 285 g/mol. The van der Waals surface area contributed by atoms with Gasteiger partial charge in [-0.25, -0.2) is 0 Å². The van der Waals surface area contributed by atoms with Crippen LogP contribution in [0.5, 0.6) is 5.75 Å². The summed E-state index contributed by atoms with van der Waals surface area (Å²) in [5.41, 5.74) is 0. The van der Waals surface area contributed by atoms with Crippen LogP contribution in [0.1, 0.15) is 33.1 Å². The van der Waals surface area contributed by atoms with Crippen LogP contribution < -0.4 is 10.1 Å². The number of rotatable bonds is 7. The van der Waals surface area contributed by atoms with Gasteiger partial charge < -0.3 is 10.1 Å². The van der Waals surface area contributed by atoms with Crippen LogP contribution in [-0.4, -0.2) is 18.6 Å². The van der Waals surface area contributed by atoms with Crippen molar-refractivity contribution in [2.45, 2.75) is 39.2 Å². The minimum absolute atomic E-state index is 0.0288. The van der Waals surface area contributed by atoms with Gasteiger partial charge in [0, 0.05) is 11.9 Å². The summed E-state index contributed by atoms with van der Waals surface area (Å²) in [7, 11) is 0. The van der Waals surface area contributed by atoms with E-state index in [1.165, 1.54) is 0 Å². The highest BCUT2D eigenvalue weighted by Crippen LogP contribution is 2.26. The third-order valence-corrected chi connectivity index (χ3v) is 3.51. The standard InChI is InChI=1S/C18H23NO2/c1-3-5-13-19-18(20)16(4-2)21-17-12-8-10-14-9-6-7-11-15(14)17/h6-12,16H,3-5,13H2,1-2H3,(H,19,20). The molecular formula is C18H23NO2. The number of amides is 1. The number of ether oxygens (including phenoxy) is 1. The maximum atomic E-state index is 12.2. The fraction of sp³-hybridized carbons (Fsp3) is 0.389. The second-order valence-corrected chi connectivity index (χ2v) is 5.14. The number of carbonyl (C=O) groups excluding carboxylic acids is 1. The lowest BCUT2D eigenvalue weighted by molar-refractivity contribution is -0.128. The Hall–Kier alpha value is -2.03. The number of hydrogen-bond acceptors (Lipinski definition) is 2. The Morgan fingerprint density at radius 2 is 1.90 bits per heavy atom. The van der Waals surface area contributed by atoms with Crippen LogP contribution in [0.3, 0.4) is 0 Å². The lowest BCUT2D eigenvalue weighted by Crippen LogP contribution is -2.38. The zero-order valence-electron chi connectivity index (χ0n) is 12.8. The molecule has 0 aliphatic carbocycles. The van der Waals surface area contributed by atoms with Crippen molar-refractivity contribution in [3.05, 3.63) is 42.5 Å². The molecule has 1 N–H and O–H groups in total. The quantitative estimate of drug-likeness (QED) is 0.783. The second kappa shape index (κ2) is 7.67. The van der Waals surface area contributed by atoms with E-state index in [-0.39, 0.29) is 5.91 Å². The molecule has 2 rings (SSSR count). The maximum absolute atomic E-state index is 12.2. The average Bonchev–Trinajstić information content (AvgIpc) is 2.52. The first kappa shape index (κ1) is 15.4. The van der Waals surface area contributed by atoms with E-state index in [1.54, 1.807) is 0 Å². The van der Waals surface area contributed by atoms with E-state index in [0.29, 0.717) is 13.0 Å². The summed E-state index contributed by atoms with van der Waals surface area (Å²) in [5, 5.41) is 5.10. The molecule has 0 saturated carbocycles. The fourth-order valence-electron chi connectivity index (χ4n) is 2.28. The summed E-state index contributed by atoms with van der Waals surface area (Å²) >= 11 is 0. The Balaban J connectivity index is 2.11. The summed E-state index contributed by atoms with van der Waals surface area (Å²) < 4.78 is 5.96. The molecule has 0 bridgehead atoms. The topological polar surface area (TPSA) is 38.3 Å². The molecule has 0 aliphatic rings. The first-order chi connectivity index (χ1) is 10.3. The summed E-state index contributed by atoms with van der Waals surface area (Å²) in [5.74, 6) is 0.740.